The SMILES string of the molecule is CCc1c(C)nn(-c2nc(NN)ncc2Br)c1C. The van der Waals surface area contributed by atoms with Gasteiger partial charge in [-0.3, -0.25) is 5.43 Å². The maximum absolute atomic E-state index is 5.33. The zero-order chi connectivity index (χ0) is 13.3. The van der Waals surface area contributed by atoms with E-state index in [1.165, 1.54) is 5.56 Å². The van der Waals surface area contributed by atoms with Crippen molar-refractivity contribution in [3.05, 3.63) is 27.6 Å². The van der Waals surface area contributed by atoms with Gasteiger partial charge in [0.25, 0.3) is 0 Å². The molecule has 0 aromatic carbocycles. The quantitative estimate of drug-likeness (QED) is 0.668. The lowest BCUT2D eigenvalue weighted by molar-refractivity contribution is 0.795. The van der Waals surface area contributed by atoms with Crippen LogP contribution in [0.4, 0.5) is 5.95 Å². The van der Waals surface area contributed by atoms with Crippen molar-refractivity contribution in [1.82, 2.24) is 19.7 Å². The summed E-state index contributed by atoms with van der Waals surface area (Å²) in [6.45, 7) is 6.14. The van der Waals surface area contributed by atoms with Crippen LogP contribution in [0.5, 0.6) is 0 Å². The fourth-order valence-electron chi connectivity index (χ4n) is 1.97. The van der Waals surface area contributed by atoms with E-state index >= 15 is 0 Å². The number of anilines is 1. The molecule has 96 valence electrons. The van der Waals surface area contributed by atoms with Gasteiger partial charge >= 0.3 is 0 Å². The van der Waals surface area contributed by atoms with Crippen molar-refractivity contribution < 1.29 is 0 Å². The van der Waals surface area contributed by atoms with E-state index in [1.807, 2.05) is 13.8 Å². The topological polar surface area (TPSA) is 81.7 Å². The van der Waals surface area contributed by atoms with Gasteiger partial charge in [-0.2, -0.15) is 10.1 Å². The van der Waals surface area contributed by atoms with Gasteiger partial charge in [-0.1, -0.05) is 6.92 Å². The third kappa shape index (κ3) is 2.11. The molecule has 18 heavy (non-hydrogen) atoms. The molecule has 2 aromatic heterocycles. The molecule has 0 spiro atoms. The standard InChI is InChI=1S/C11H15BrN6/c1-4-8-6(2)17-18(7(8)3)10-9(12)5-14-11(15-10)16-13/h5H,4,13H2,1-3H3,(H,14,15,16). The van der Waals surface area contributed by atoms with Crippen LogP contribution in [0.3, 0.4) is 0 Å². The highest BCUT2D eigenvalue weighted by Gasteiger charge is 2.15. The fraction of sp³-hybridized carbons (Fsp3) is 0.364. The van der Waals surface area contributed by atoms with Crippen LogP contribution in [0, 0.1) is 13.8 Å². The lowest BCUT2D eigenvalue weighted by Crippen LogP contribution is -2.13. The number of halogens is 1. The zero-order valence-electron chi connectivity index (χ0n) is 10.5. The molecule has 0 aliphatic heterocycles. The van der Waals surface area contributed by atoms with Gasteiger partial charge in [-0.25, -0.2) is 15.5 Å². The van der Waals surface area contributed by atoms with Crippen LogP contribution >= 0.6 is 15.9 Å². The van der Waals surface area contributed by atoms with Crippen LogP contribution in [-0.4, -0.2) is 19.7 Å². The van der Waals surface area contributed by atoms with E-state index in [9.17, 15) is 0 Å². The Morgan fingerprint density at radius 1 is 1.44 bits per heavy atom. The first-order chi connectivity index (χ1) is 8.58. The van der Waals surface area contributed by atoms with Gasteiger partial charge in [0, 0.05) is 11.9 Å². The number of hydrogen-bond donors (Lipinski definition) is 2. The van der Waals surface area contributed by atoms with E-state index in [4.69, 9.17) is 5.84 Å². The van der Waals surface area contributed by atoms with Crippen molar-refractivity contribution in [2.45, 2.75) is 27.2 Å². The number of nitrogen functional groups attached to an aromatic ring is 1. The zero-order valence-corrected chi connectivity index (χ0v) is 12.1. The Morgan fingerprint density at radius 2 is 2.17 bits per heavy atom. The minimum Gasteiger partial charge on any atom is -0.292 e. The van der Waals surface area contributed by atoms with Crippen molar-refractivity contribution in [1.29, 1.82) is 0 Å². The molecule has 2 heterocycles. The Bertz CT molecular complexity index is 577. The molecule has 0 unspecified atom stereocenters. The third-order valence-electron chi connectivity index (χ3n) is 2.85. The number of aromatic nitrogens is 4. The van der Waals surface area contributed by atoms with E-state index in [-0.39, 0.29) is 0 Å². The van der Waals surface area contributed by atoms with Crippen LogP contribution < -0.4 is 11.3 Å². The first kappa shape index (κ1) is 13.0. The normalized spacial score (nSPS) is 10.7. The maximum atomic E-state index is 5.33. The molecular weight excluding hydrogens is 296 g/mol. The van der Waals surface area contributed by atoms with Crippen LogP contribution in [0.15, 0.2) is 10.7 Å². The summed E-state index contributed by atoms with van der Waals surface area (Å²) in [6, 6.07) is 0. The van der Waals surface area contributed by atoms with Crippen LogP contribution in [0.1, 0.15) is 23.9 Å². The molecule has 0 atom stereocenters. The number of aryl methyl sites for hydroxylation is 1. The summed E-state index contributed by atoms with van der Waals surface area (Å²) in [7, 11) is 0. The molecule has 2 rings (SSSR count). The lowest BCUT2D eigenvalue weighted by atomic mass is 10.1. The molecular formula is C11H15BrN6. The van der Waals surface area contributed by atoms with Crippen molar-refractivity contribution >= 4 is 21.9 Å². The maximum Gasteiger partial charge on any atom is 0.239 e. The molecule has 0 aliphatic carbocycles. The molecule has 0 amide bonds. The summed E-state index contributed by atoms with van der Waals surface area (Å²) in [5.74, 6) is 6.37. The molecule has 0 radical (unpaired) electrons. The van der Waals surface area contributed by atoms with E-state index < -0.39 is 0 Å². The molecule has 3 N–H and O–H groups in total. The fourth-order valence-corrected chi connectivity index (χ4v) is 2.33. The summed E-state index contributed by atoms with van der Waals surface area (Å²) in [6.07, 6.45) is 2.60. The Labute approximate surface area is 114 Å². The first-order valence-electron chi connectivity index (χ1n) is 5.63. The van der Waals surface area contributed by atoms with E-state index in [0.717, 1.165) is 22.3 Å². The largest absolute Gasteiger partial charge is 0.292 e. The van der Waals surface area contributed by atoms with Crippen LogP contribution in [-0.2, 0) is 6.42 Å². The summed E-state index contributed by atoms with van der Waals surface area (Å²) in [4.78, 5) is 8.34. The highest BCUT2D eigenvalue weighted by Crippen LogP contribution is 2.23. The second kappa shape index (κ2) is 5.03. The van der Waals surface area contributed by atoms with Crippen molar-refractivity contribution in [3.8, 4) is 5.82 Å². The summed E-state index contributed by atoms with van der Waals surface area (Å²) in [5.41, 5.74) is 5.77. The molecule has 0 aliphatic rings. The Hall–Kier alpha value is -1.47. The van der Waals surface area contributed by atoms with Gasteiger partial charge in [0.05, 0.1) is 10.2 Å². The number of nitrogens with two attached hydrogens (primary N) is 1. The van der Waals surface area contributed by atoms with E-state index in [2.05, 4.69) is 43.3 Å². The minimum absolute atomic E-state index is 0.360. The minimum atomic E-state index is 0.360. The first-order valence-corrected chi connectivity index (χ1v) is 6.42. The Balaban J connectivity index is 2.61. The second-order valence-electron chi connectivity index (χ2n) is 3.92. The molecule has 7 heteroatoms. The van der Waals surface area contributed by atoms with Gasteiger partial charge in [0.15, 0.2) is 5.82 Å². The molecule has 2 aromatic rings. The second-order valence-corrected chi connectivity index (χ2v) is 4.78. The van der Waals surface area contributed by atoms with E-state index in [1.54, 1.807) is 10.9 Å². The monoisotopic (exact) mass is 310 g/mol. The van der Waals surface area contributed by atoms with Crippen molar-refractivity contribution in [2.24, 2.45) is 5.84 Å². The molecule has 6 nitrogen and oxygen atoms in total. The summed E-state index contributed by atoms with van der Waals surface area (Å²) in [5, 5.41) is 4.52. The average molecular weight is 311 g/mol. The number of hydrogen-bond acceptors (Lipinski definition) is 5. The lowest BCUT2D eigenvalue weighted by Gasteiger charge is -2.07. The van der Waals surface area contributed by atoms with Gasteiger partial charge in [-0.05, 0) is 41.8 Å². The predicted molar refractivity (Wildman–Crippen MR) is 73.5 cm³/mol. The van der Waals surface area contributed by atoms with Crippen molar-refractivity contribution in [3.63, 3.8) is 0 Å². The predicted octanol–water partition coefficient (Wildman–Crippen LogP) is 1.89. The number of hydrazine groups is 1. The summed E-state index contributed by atoms with van der Waals surface area (Å²) < 4.78 is 2.58. The van der Waals surface area contributed by atoms with E-state index in [0.29, 0.717) is 11.8 Å². The van der Waals surface area contributed by atoms with Gasteiger partial charge < -0.3 is 0 Å². The molecule has 0 saturated carbocycles. The summed E-state index contributed by atoms with van der Waals surface area (Å²) >= 11 is 3.43. The third-order valence-corrected chi connectivity index (χ3v) is 3.41. The number of nitrogens with one attached hydrogen (secondary N) is 1. The molecule has 0 fully saturated rings. The average Bonchev–Trinajstić information content (AvgIpc) is 2.65. The Morgan fingerprint density at radius 3 is 2.72 bits per heavy atom. The molecule has 0 bridgehead atoms. The highest BCUT2D eigenvalue weighted by molar-refractivity contribution is 9.10. The Kier molecular flexibility index (Phi) is 3.63. The number of rotatable bonds is 3. The van der Waals surface area contributed by atoms with Crippen LogP contribution in [0.2, 0.25) is 0 Å². The molecule has 0 saturated heterocycles. The van der Waals surface area contributed by atoms with Gasteiger partial charge in [0.2, 0.25) is 5.95 Å². The van der Waals surface area contributed by atoms with Gasteiger partial charge in [-0.15, -0.1) is 0 Å². The smallest absolute Gasteiger partial charge is 0.239 e. The highest BCUT2D eigenvalue weighted by atomic mass is 79.9. The number of nitrogens with zero attached hydrogens (tertiary/aromatic N) is 4. The van der Waals surface area contributed by atoms with Crippen LogP contribution in [0.25, 0.3) is 5.82 Å². The van der Waals surface area contributed by atoms with Gasteiger partial charge in [0.1, 0.15) is 0 Å². The van der Waals surface area contributed by atoms with Crippen molar-refractivity contribution in [2.75, 3.05) is 5.43 Å².